The lowest BCUT2D eigenvalue weighted by atomic mass is 10.1. The van der Waals surface area contributed by atoms with Gasteiger partial charge in [0.05, 0.1) is 12.0 Å². The molecule has 0 atom stereocenters. The number of piperidine rings is 1. The van der Waals surface area contributed by atoms with E-state index in [-0.39, 0.29) is 17.4 Å². The summed E-state index contributed by atoms with van der Waals surface area (Å²) in [5.41, 5.74) is 1.62. The van der Waals surface area contributed by atoms with Crippen molar-refractivity contribution in [2.24, 2.45) is 0 Å². The van der Waals surface area contributed by atoms with Crippen molar-refractivity contribution in [2.45, 2.75) is 25.9 Å². The molecule has 2 heterocycles. The Morgan fingerprint density at radius 2 is 1.79 bits per heavy atom. The third-order valence-electron chi connectivity index (χ3n) is 5.67. The summed E-state index contributed by atoms with van der Waals surface area (Å²) in [6.07, 6.45) is 4.63. The second kappa shape index (κ2) is 11.0. The van der Waals surface area contributed by atoms with Gasteiger partial charge in [0.2, 0.25) is 5.91 Å². The summed E-state index contributed by atoms with van der Waals surface area (Å²) in [7, 11) is 1.55. The van der Waals surface area contributed by atoms with Crippen LogP contribution in [-0.2, 0) is 16.2 Å². The molecule has 4 rings (SSSR count). The van der Waals surface area contributed by atoms with Crippen molar-refractivity contribution in [1.29, 1.82) is 0 Å². The number of halogens is 1. The third kappa shape index (κ3) is 5.74. The molecule has 0 radical (unpaired) electrons. The number of imide groups is 1. The van der Waals surface area contributed by atoms with E-state index in [0.717, 1.165) is 41.5 Å². The number of nitrogens with zero attached hydrogens (tertiary/aromatic N) is 2. The summed E-state index contributed by atoms with van der Waals surface area (Å²) in [5, 5.41) is 0.212. The average Bonchev–Trinajstić information content (AvgIpc) is 3.11. The fraction of sp³-hybridized carbons (Fsp3) is 0.320. The Bertz CT molecular complexity index is 1110. The van der Waals surface area contributed by atoms with Gasteiger partial charge < -0.3 is 14.4 Å². The molecule has 2 aliphatic rings. The summed E-state index contributed by atoms with van der Waals surface area (Å²) < 4.78 is 11.3. The van der Waals surface area contributed by atoms with Crippen molar-refractivity contribution < 1.29 is 23.9 Å². The molecule has 7 nitrogen and oxygen atoms in total. The number of carbonyl (C=O) groups is 3. The maximum absolute atomic E-state index is 12.9. The normalized spacial score (nSPS) is 17.4. The number of amides is 3. The van der Waals surface area contributed by atoms with Crippen LogP contribution in [-0.4, -0.2) is 53.6 Å². The third-order valence-corrected chi connectivity index (χ3v) is 6.83. The van der Waals surface area contributed by atoms with Crippen LogP contribution in [0.25, 0.3) is 6.08 Å². The van der Waals surface area contributed by atoms with Crippen LogP contribution in [0.2, 0.25) is 5.02 Å². The predicted octanol–water partition coefficient (Wildman–Crippen LogP) is 4.98. The SMILES string of the molecule is COc1ccc(/C=C2\SC(=O)N(CC(=O)N3CCCCC3)C2=O)cc1OCc1ccc(Cl)cc1. The van der Waals surface area contributed by atoms with Gasteiger partial charge in [-0.1, -0.05) is 29.8 Å². The fourth-order valence-electron chi connectivity index (χ4n) is 3.80. The molecule has 2 saturated heterocycles. The summed E-state index contributed by atoms with van der Waals surface area (Å²) in [4.78, 5) is 40.9. The Morgan fingerprint density at radius 1 is 1.06 bits per heavy atom. The van der Waals surface area contributed by atoms with Crippen LogP contribution in [0.4, 0.5) is 4.79 Å². The Hall–Kier alpha value is -2.97. The number of benzene rings is 2. The molecule has 0 N–H and O–H groups in total. The number of rotatable bonds is 7. The highest BCUT2D eigenvalue weighted by atomic mass is 35.5. The molecule has 178 valence electrons. The Kier molecular flexibility index (Phi) is 7.80. The minimum absolute atomic E-state index is 0.189. The van der Waals surface area contributed by atoms with E-state index in [2.05, 4.69) is 0 Å². The number of likely N-dealkylation sites (tertiary alicyclic amines) is 1. The molecule has 0 unspecified atom stereocenters. The van der Waals surface area contributed by atoms with Gasteiger partial charge in [0.25, 0.3) is 11.1 Å². The number of ether oxygens (including phenoxy) is 2. The number of thioether (sulfide) groups is 1. The standard InChI is InChI=1S/C25H25ClN2O5S/c1-32-20-10-7-18(13-21(20)33-16-17-5-8-19(26)9-6-17)14-22-24(30)28(25(31)34-22)15-23(29)27-11-3-2-4-12-27/h5-10,13-14H,2-4,11-12,15-16H2,1H3/b22-14-. The van der Waals surface area contributed by atoms with Gasteiger partial charge >= 0.3 is 0 Å². The van der Waals surface area contributed by atoms with Gasteiger partial charge in [0, 0.05) is 18.1 Å². The molecule has 34 heavy (non-hydrogen) atoms. The lowest BCUT2D eigenvalue weighted by molar-refractivity contribution is -0.136. The van der Waals surface area contributed by atoms with Crippen LogP contribution < -0.4 is 9.47 Å². The molecule has 0 spiro atoms. The van der Waals surface area contributed by atoms with Gasteiger partial charge in [-0.2, -0.15) is 0 Å². The highest BCUT2D eigenvalue weighted by Crippen LogP contribution is 2.35. The Labute approximate surface area is 207 Å². The quantitative estimate of drug-likeness (QED) is 0.499. The number of carbonyl (C=O) groups excluding carboxylic acids is 3. The van der Waals surface area contributed by atoms with Crippen LogP contribution in [0.3, 0.4) is 0 Å². The Morgan fingerprint density at radius 3 is 2.50 bits per heavy atom. The van der Waals surface area contributed by atoms with Gasteiger partial charge in [0.1, 0.15) is 13.2 Å². The van der Waals surface area contributed by atoms with Gasteiger partial charge in [-0.25, -0.2) is 0 Å². The average molecular weight is 501 g/mol. The molecule has 9 heteroatoms. The number of methoxy groups -OCH3 is 1. The first kappa shape index (κ1) is 24.2. The number of hydrogen-bond donors (Lipinski definition) is 0. The Balaban J connectivity index is 1.46. The maximum Gasteiger partial charge on any atom is 0.294 e. The predicted molar refractivity (Wildman–Crippen MR) is 132 cm³/mol. The minimum atomic E-state index is -0.459. The zero-order valence-electron chi connectivity index (χ0n) is 18.8. The van der Waals surface area contributed by atoms with Crippen LogP contribution in [0, 0.1) is 0 Å². The molecule has 0 bridgehead atoms. The zero-order valence-corrected chi connectivity index (χ0v) is 20.4. The maximum atomic E-state index is 12.9. The molecular formula is C25H25ClN2O5S. The van der Waals surface area contributed by atoms with Gasteiger partial charge in [-0.15, -0.1) is 0 Å². The fourth-order valence-corrected chi connectivity index (χ4v) is 4.77. The summed E-state index contributed by atoms with van der Waals surface area (Å²) >= 11 is 6.77. The molecule has 0 aromatic heterocycles. The first-order valence-corrected chi connectivity index (χ1v) is 12.2. The van der Waals surface area contributed by atoms with Gasteiger partial charge in [-0.05, 0) is 72.5 Å². The van der Waals surface area contributed by atoms with Gasteiger partial charge in [0.15, 0.2) is 11.5 Å². The largest absolute Gasteiger partial charge is 0.493 e. The van der Waals surface area contributed by atoms with Crippen molar-refractivity contribution in [3.8, 4) is 11.5 Å². The van der Waals surface area contributed by atoms with E-state index in [1.54, 1.807) is 48.4 Å². The van der Waals surface area contributed by atoms with Crippen molar-refractivity contribution in [1.82, 2.24) is 9.80 Å². The van der Waals surface area contributed by atoms with Crippen LogP contribution in [0.15, 0.2) is 47.4 Å². The van der Waals surface area contributed by atoms with Crippen molar-refractivity contribution in [2.75, 3.05) is 26.7 Å². The second-order valence-corrected chi connectivity index (χ2v) is 9.46. The zero-order chi connectivity index (χ0) is 24.1. The first-order valence-electron chi connectivity index (χ1n) is 11.0. The first-order chi connectivity index (χ1) is 16.4. The highest BCUT2D eigenvalue weighted by Gasteiger charge is 2.37. The molecule has 2 aliphatic heterocycles. The van der Waals surface area contributed by atoms with Gasteiger partial charge in [-0.3, -0.25) is 19.3 Å². The van der Waals surface area contributed by atoms with Crippen LogP contribution in [0.5, 0.6) is 11.5 Å². The smallest absolute Gasteiger partial charge is 0.294 e. The number of hydrogen-bond acceptors (Lipinski definition) is 6. The van der Waals surface area contributed by atoms with E-state index in [9.17, 15) is 14.4 Å². The molecule has 2 aromatic carbocycles. The highest BCUT2D eigenvalue weighted by molar-refractivity contribution is 8.18. The topological polar surface area (TPSA) is 76.2 Å². The summed E-state index contributed by atoms with van der Waals surface area (Å²) in [6.45, 7) is 1.44. The molecule has 3 amide bonds. The van der Waals surface area contributed by atoms with Crippen molar-refractivity contribution >= 4 is 46.5 Å². The second-order valence-electron chi connectivity index (χ2n) is 8.03. The van der Waals surface area contributed by atoms with E-state index < -0.39 is 11.1 Å². The molecule has 0 saturated carbocycles. The van der Waals surface area contributed by atoms with Crippen LogP contribution in [0.1, 0.15) is 30.4 Å². The molecule has 0 aliphatic carbocycles. The van der Waals surface area contributed by atoms with Crippen LogP contribution >= 0.6 is 23.4 Å². The lowest BCUT2D eigenvalue weighted by Crippen LogP contribution is -2.44. The van der Waals surface area contributed by atoms with E-state index in [1.165, 1.54) is 0 Å². The lowest BCUT2D eigenvalue weighted by Gasteiger charge is -2.27. The molecular weight excluding hydrogens is 476 g/mol. The van der Waals surface area contributed by atoms with E-state index in [0.29, 0.717) is 41.8 Å². The van der Waals surface area contributed by atoms with E-state index >= 15 is 0 Å². The molecule has 2 aromatic rings. The van der Waals surface area contributed by atoms with E-state index in [4.69, 9.17) is 21.1 Å². The molecule has 2 fully saturated rings. The summed E-state index contributed by atoms with van der Waals surface area (Å²) in [5.74, 6) is 0.405. The minimum Gasteiger partial charge on any atom is -0.493 e. The monoisotopic (exact) mass is 500 g/mol. The summed E-state index contributed by atoms with van der Waals surface area (Å²) in [6, 6.07) is 12.6. The van der Waals surface area contributed by atoms with Crippen molar-refractivity contribution in [3.05, 3.63) is 63.5 Å². The van der Waals surface area contributed by atoms with E-state index in [1.807, 2.05) is 12.1 Å². The van der Waals surface area contributed by atoms with Crippen molar-refractivity contribution in [3.63, 3.8) is 0 Å².